The van der Waals surface area contributed by atoms with Gasteiger partial charge in [0.2, 0.25) is 0 Å². The zero-order valence-electron chi connectivity index (χ0n) is 12.7. The van der Waals surface area contributed by atoms with E-state index in [1.165, 1.54) is 30.4 Å². The van der Waals surface area contributed by atoms with E-state index in [0.29, 0.717) is 18.7 Å². The first kappa shape index (κ1) is 16.9. The van der Waals surface area contributed by atoms with Gasteiger partial charge in [-0.15, -0.1) is 0 Å². The molecular formula is C14H16F3N5O. The van der Waals surface area contributed by atoms with E-state index >= 15 is 0 Å². The van der Waals surface area contributed by atoms with Crippen molar-refractivity contribution in [3.05, 3.63) is 35.9 Å². The fourth-order valence-electron chi connectivity index (χ4n) is 2.15. The molecule has 0 aliphatic carbocycles. The second kappa shape index (κ2) is 6.76. The minimum absolute atomic E-state index is 0.138. The molecule has 0 aromatic carbocycles. The molecule has 124 valence electrons. The minimum Gasteiger partial charge on any atom is -0.307 e. The molecule has 6 nitrogen and oxygen atoms in total. The van der Waals surface area contributed by atoms with E-state index in [0.717, 1.165) is 4.68 Å². The van der Waals surface area contributed by atoms with Crippen LogP contribution in [-0.4, -0.2) is 38.6 Å². The summed E-state index contributed by atoms with van der Waals surface area (Å²) in [6.07, 6.45) is 0.341. The van der Waals surface area contributed by atoms with Gasteiger partial charge in [-0.25, -0.2) is 0 Å². The van der Waals surface area contributed by atoms with E-state index in [1.807, 2.05) is 6.92 Å². The van der Waals surface area contributed by atoms with Crippen molar-refractivity contribution >= 4 is 11.6 Å². The number of anilines is 1. The molecular weight excluding hydrogens is 311 g/mol. The third kappa shape index (κ3) is 4.05. The van der Waals surface area contributed by atoms with Gasteiger partial charge in [-0.05, 0) is 19.4 Å². The van der Waals surface area contributed by atoms with Crippen LogP contribution in [0.3, 0.4) is 0 Å². The van der Waals surface area contributed by atoms with Crippen LogP contribution in [0.15, 0.2) is 24.7 Å². The predicted molar refractivity (Wildman–Crippen MR) is 77.0 cm³/mol. The number of amides is 1. The summed E-state index contributed by atoms with van der Waals surface area (Å²) in [5, 5.41) is 11.1. The van der Waals surface area contributed by atoms with E-state index in [4.69, 9.17) is 0 Å². The number of aromatic nitrogens is 4. The number of nitrogens with zero attached hydrogens (tertiary/aromatic N) is 5. The monoisotopic (exact) mass is 327 g/mol. The average Bonchev–Trinajstić information content (AvgIpc) is 2.84. The molecule has 2 heterocycles. The molecule has 0 bridgehead atoms. The number of carbonyl (C=O) groups excluding carboxylic acids is 1. The maximum Gasteiger partial charge on any atom is 0.408 e. The second-order valence-corrected chi connectivity index (χ2v) is 4.97. The number of rotatable bonds is 5. The van der Waals surface area contributed by atoms with Crippen molar-refractivity contribution in [1.29, 1.82) is 0 Å². The van der Waals surface area contributed by atoms with Crippen molar-refractivity contribution < 1.29 is 18.0 Å². The molecule has 0 saturated carbocycles. The van der Waals surface area contributed by atoms with Crippen LogP contribution < -0.4 is 4.90 Å². The van der Waals surface area contributed by atoms with E-state index < -0.39 is 18.6 Å². The summed E-state index contributed by atoms with van der Waals surface area (Å²) in [5.41, 5.74) is 0.852. The zero-order valence-corrected chi connectivity index (χ0v) is 12.7. The van der Waals surface area contributed by atoms with Crippen LogP contribution in [0, 0.1) is 6.92 Å². The molecule has 2 aromatic heterocycles. The lowest BCUT2D eigenvalue weighted by Crippen LogP contribution is -2.32. The highest BCUT2D eigenvalue weighted by molar-refractivity contribution is 6.06. The number of alkyl halides is 3. The normalized spacial score (nSPS) is 11.5. The molecule has 0 spiro atoms. The third-order valence-electron chi connectivity index (χ3n) is 3.24. The highest BCUT2D eigenvalue weighted by Gasteiger charge is 2.30. The lowest BCUT2D eigenvalue weighted by Gasteiger charge is -2.21. The quantitative estimate of drug-likeness (QED) is 0.847. The van der Waals surface area contributed by atoms with Gasteiger partial charge in [0.1, 0.15) is 6.54 Å². The Balaban J connectivity index is 2.31. The molecule has 0 atom stereocenters. The van der Waals surface area contributed by atoms with Crippen molar-refractivity contribution in [3.8, 4) is 0 Å². The maximum atomic E-state index is 12.7. The van der Waals surface area contributed by atoms with E-state index in [1.54, 1.807) is 6.07 Å². The standard InChI is InChI=1S/C14H16F3N5O/c1-3-6-21(11-4-5-18-19-7-11)13(23)12-8-20-22(10(12)2)9-14(15,16)17/h4-5,7-8H,3,6,9H2,1-2H3. The molecule has 9 heteroatoms. The predicted octanol–water partition coefficient (Wildman–Crippen LogP) is 2.60. The van der Waals surface area contributed by atoms with Crippen LogP contribution in [0.1, 0.15) is 29.4 Å². The van der Waals surface area contributed by atoms with Gasteiger partial charge in [-0.2, -0.15) is 28.5 Å². The van der Waals surface area contributed by atoms with E-state index in [9.17, 15) is 18.0 Å². The molecule has 2 aromatic rings. The molecule has 0 aliphatic rings. The van der Waals surface area contributed by atoms with Crippen LogP contribution in [0.4, 0.5) is 18.9 Å². The van der Waals surface area contributed by atoms with Crippen molar-refractivity contribution in [1.82, 2.24) is 20.0 Å². The number of halogens is 3. The first-order valence-corrected chi connectivity index (χ1v) is 7.01. The van der Waals surface area contributed by atoms with Gasteiger partial charge in [0.05, 0.1) is 29.8 Å². The van der Waals surface area contributed by atoms with Gasteiger partial charge in [0, 0.05) is 12.2 Å². The maximum absolute atomic E-state index is 12.7. The van der Waals surface area contributed by atoms with Crippen molar-refractivity contribution in [2.24, 2.45) is 0 Å². The van der Waals surface area contributed by atoms with Crippen LogP contribution in [-0.2, 0) is 6.54 Å². The minimum atomic E-state index is -4.39. The summed E-state index contributed by atoms with van der Waals surface area (Å²) in [7, 11) is 0. The SMILES string of the molecule is CCCN(C(=O)c1cnn(CC(F)(F)F)c1C)c1ccnnc1. The summed E-state index contributed by atoms with van der Waals surface area (Å²) in [6.45, 7) is 2.53. The largest absolute Gasteiger partial charge is 0.408 e. The molecule has 0 fully saturated rings. The Morgan fingerprint density at radius 1 is 1.30 bits per heavy atom. The van der Waals surface area contributed by atoms with Crippen LogP contribution >= 0.6 is 0 Å². The molecule has 0 aliphatic heterocycles. The van der Waals surface area contributed by atoms with Gasteiger partial charge >= 0.3 is 6.18 Å². The Morgan fingerprint density at radius 2 is 2.04 bits per heavy atom. The van der Waals surface area contributed by atoms with E-state index in [2.05, 4.69) is 15.3 Å². The lowest BCUT2D eigenvalue weighted by molar-refractivity contribution is -0.142. The van der Waals surface area contributed by atoms with Gasteiger partial charge in [-0.3, -0.25) is 9.48 Å². The Kier molecular flexibility index (Phi) is 4.97. The molecule has 2 rings (SSSR count). The second-order valence-electron chi connectivity index (χ2n) is 4.97. The van der Waals surface area contributed by atoms with E-state index in [-0.39, 0.29) is 11.3 Å². The highest BCUT2D eigenvalue weighted by Crippen LogP contribution is 2.21. The number of carbonyl (C=O) groups is 1. The fraction of sp³-hybridized carbons (Fsp3) is 0.429. The van der Waals surface area contributed by atoms with Crippen molar-refractivity contribution in [3.63, 3.8) is 0 Å². The summed E-state index contributed by atoms with van der Waals surface area (Å²) < 4.78 is 38.3. The lowest BCUT2D eigenvalue weighted by atomic mass is 10.2. The Morgan fingerprint density at radius 3 is 2.61 bits per heavy atom. The van der Waals surface area contributed by atoms with Gasteiger partial charge in [0.25, 0.3) is 5.91 Å². The van der Waals surface area contributed by atoms with Crippen molar-refractivity contribution in [2.75, 3.05) is 11.4 Å². The molecule has 1 amide bonds. The first-order valence-electron chi connectivity index (χ1n) is 7.01. The molecule has 23 heavy (non-hydrogen) atoms. The summed E-state index contributed by atoms with van der Waals surface area (Å²) in [5.74, 6) is -0.411. The molecule has 0 N–H and O–H groups in total. The fourth-order valence-corrected chi connectivity index (χ4v) is 2.15. The van der Waals surface area contributed by atoms with Crippen molar-refractivity contribution in [2.45, 2.75) is 33.0 Å². The zero-order chi connectivity index (χ0) is 17.0. The number of hydrogen-bond acceptors (Lipinski definition) is 4. The summed E-state index contributed by atoms with van der Waals surface area (Å²) >= 11 is 0. The number of hydrogen-bond donors (Lipinski definition) is 0. The van der Waals surface area contributed by atoms with Gasteiger partial charge < -0.3 is 4.90 Å². The summed E-state index contributed by atoms with van der Waals surface area (Å²) in [4.78, 5) is 14.1. The van der Waals surface area contributed by atoms with Gasteiger partial charge in [0.15, 0.2) is 0 Å². The molecule has 0 radical (unpaired) electrons. The van der Waals surface area contributed by atoms with Gasteiger partial charge in [-0.1, -0.05) is 6.92 Å². The summed E-state index contributed by atoms with van der Waals surface area (Å²) in [6, 6.07) is 1.62. The third-order valence-corrected chi connectivity index (χ3v) is 3.24. The average molecular weight is 327 g/mol. The molecule has 0 unspecified atom stereocenters. The van der Waals surface area contributed by atoms with Crippen LogP contribution in [0.2, 0.25) is 0 Å². The highest BCUT2D eigenvalue weighted by atomic mass is 19.4. The first-order chi connectivity index (χ1) is 10.8. The van der Waals surface area contributed by atoms with Crippen LogP contribution in [0.25, 0.3) is 0 Å². The Labute approximate surface area is 130 Å². The molecule has 0 saturated heterocycles. The Hall–Kier alpha value is -2.45. The smallest absolute Gasteiger partial charge is 0.307 e. The Bertz CT molecular complexity index is 669. The topological polar surface area (TPSA) is 63.9 Å². The van der Waals surface area contributed by atoms with Crippen LogP contribution in [0.5, 0.6) is 0 Å².